The summed E-state index contributed by atoms with van der Waals surface area (Å²) in [6, 6.07) is 10.9. The predicted molar refractivity (Wildman–Crippen MR) is 87.9 cm³/mol. The number of nitrogens with zero attached hydrogens (tertiary/aromatic N) is 1. The summed E-state index contributed by atoms with van der Waals surface area (Å²) in [6.07, 6.45) is 0. The SMILES string of the molecule is C=C1c2cc(C)c(C)cc2NC(=O)N1c1ccc(Cl)cc1. The lowest BCUT2D eigenvalue weighted by Crippen LogP contribution is -2.37. The third kappa shape index (κ3) is 2.30. The Kier molecular flexibility index (Phi) is 3.22. The van der Waals surface area contributed by atoms with Crippen molar-refractivity contribution in [3.05, 3.63) is 64.7 Å². The van der Waals surface area contributed by atoms with Gasteiger partial charge >= 0.3 is 6.03 Å². The molecule has 3 rings (SSSR count). The molecule has 0 aliphatic carbocycles. The van der Waals surface area contributed by atoms with Crippen molar-refractivity contribution < 1.29 is 4.79 Å². The number of carbonyl (C=O) groups is 1. The maximum Gasteiger partial charge on any atom is 0.330 e. The highest BCUT2D eigenvalue weighted by Crippen LogP contribution is 2.36. The Hall–Kier alpha value is -2.26. The van der Waals surface area contributed by atoms with E-state index in [0.717, 1.165) is 22.5 Å². The number of carbonyl (C=O) groups excluding carboxylic acids is 1. The summed E-state index contributed by atoms with van der Waals surface area (Å²) in [4.78, 5) is 13.9. The van der Waals surface area contributed by atoms with Crippen LogP contribution in [-0.4, -0.2) is 6.03 Å². The van der Waals surface area contributed by atoms with Crippen molar-refractivity contribution in [2.45, 2.75) is 13.8 Å². The molecule has 0 aromatic heterocycles. The van der Waals surface area contributed by atoms with Gasteiger partial charge in [0, 0.05) is 10.6 Å². The van der Waals surface area contributed by atoms with Gasteiger partial charge in [-0.3, -0.25) is 4.90 Å². The van der Waals surface area contributed by atoms with Crippen LogP contribution in [0.3, 0.4) is 0 Å². The fraction of sp³-hybridized carbons (Fsp3) is 0.118. The highest BCUT2D eigenvalue weighted by atomic mass is 35.5. The van der Waals surface area contributed by atoms with E-state index in [2.05, 4.69) is 18.0 Å². The summed E-state index contributed by atoms with van der Waals surface area (Å²) in [5, 5.41) is 3.55. The topological polar surface area (TPSA) is 32.3 Å². The summed E-state index contributed by atoms with van der Waals surface area (Å²) >= 11 is 5.90. The van der Waals surface area contributed by atoms with Crippen LogP contribution in [-0.2, 0) is 0 Å². The van der Waals surface area contributed by atoms with E-state index in [-0.39, 0.29) is 6.03 Å². The molecular weight excluding hydrogens is 284 g/mol. The van der Waals surface area contributed by atoms with E-state index >= 15 is 0 Å². The first kappa shape index (κ1) is 13.7. The van der Waals surface area contributed by atoms with Crippen LogP contribution in [0.1, 0.15) is 16.7 Å². The molecule has 0 saturated carbocycles. The highest BCUT2D eigenvalue weighted by molar-refractivity contribution is 6.30. The molecule has 1 aliphatic heterocycles. The summed E-state index contributed by atoms with van der Waals surface area (Å²) in [7, 11) is 0. The van der Waals surface area contributed by atoms with Crippen LogP contribution in [0, 0.1) is 13.8 Å². The van der Waals surface area contributed by atoms with Crippen molar-refractivity contribution in [1.29, 1.82) is 0 Å². The van der Waals surface area contributed by atoms with Crippen molar-refractivity contribution >= 4 is 34.7 Å². The number of fused-ring (bicyclic) bond motifs is 1. The number of aryl methyl sites for hydroxylation is 2. The Labute approximate surface area is 128 Å². The van der Waals surface area contributed by atoms with Gasteiger partial charge in [-0.25, -0.2) is 4.79 Å². The first-order chi connectivity index (χ1) is 9.97. The van der Waals surface area contributed by atoms with Crippen molar-refractivity contribution in [2.75, 3.05) is 10.2 Å². The molecule has 106 valence electrons. The van der Waals surface area contributed by atoms with E-state index in [0.29, 0.717) is 10.7 Å². The molecule has 2 aromatic carbocycles. The summed E-state index contributed by atoms with van der Waals surface area (Å²) in [5.74, 6) is 0. The largest absolute Gasteiger partial charge is 0.330 e. The molecule has 3 nitrogen and oxygen atoms in total. The second-order valence-corrected chi connectivity index (χ2v) is 5.61. The quantitative estimate of drug-likeness (QED) is 0.791. The zero-order valence-corrected chi connectivity index (χ0v) is 12.7. The van der Waals surface area contributed by atoms with Gasteiger partial charge in [0.05, 0.1) is 17.1 Å². The number of urea groups is 1. The predicted octanol–water partition coefficient (Wildman–Crippen LogP) is 4.98. The standard InChI is InChI=1S/C17H15ClN2O/c1-10-8-15-12(3)20(14-6-4-13(18)5-7-14)17(21)19-16(15)9-11(10)2/h4-9H,3H2,1-2H3,(H,19,21). The van der Waals surface area contributed by atoms with Crippen molar-refractivity contribution in [3.8, 4) is 0 Å². The lowest BCUT2D eigenvalue weighted by atomic mass is 10.00. The number of benzene rings is 2. The third-order valence-corrected chi connectivity index (χ3v) is 4.00. The molecule has 0 bridgehead atoms. The second-order valence-electron chi connectivity index (χ2n) is 5.17. The minimum Gasteiger partial charge on any atom is -0.307 e. The van der Waals surface area contributed by atoms with Crippen LogP contribution in [0.4, 0.5) is 16.2 Å². The van der Waals surface area contributed by atoms with Gasteiger partial charge in [0.15, 0.2) is 0 Å². The normalized spacial score (nSPS) is 14.0. The number of anilines is 2. The molecule has 0 unspecified atom stereocenters. The van der Waals surface area contributed by atoms with Gasteiger partial charge < -0.3 is 5.32 Å². The van der Waals surface area contributed by atoms with E-state index < -0.39 is 0 Å². The third-order valence-electron chi connectivity index (χ3n) is 3.74. The highest BCUT2D eigenvalue weighted by Gasteiger charge is 2.27. The maximum absolute atomic E-state index is 12.4. The molecule has 1 N–H and O–H groups in total. The van der Waals surface area contributed by atoms with Crippen LogP contribution in [0.15, 0.2) is 43.0 Å². The number of halogens is 1. The Balaban J connectivity index is 2.09. The van der Waals surface area contributed by atoms with Gasteiger partial charge in [0.2, 0.25) is 0 Å². The molecule has 4 heteroatoms. The molecule has 0 saturated heterocycles. The minimum absolute atomic E-state index is 0.210. The minimum atomic E-state index is -0.210. The lowest BCUT2D eigenvalue weighted by Gasteiger charge is -2.32. The zero-order chi connectivity index (χ0) is 15.1. The van der Waals surface area contributed by atoms with Crippen LogP contribution >= 0.6 is 11.6 Å². The average molecular weight is 299 g/mol. The number of amides is 2. The summed E-state index contributed by atoms with van der Waals surface area (Å²) in [5.41, 5.74) is 5.46. The van der Waals surface area contributed by atoms with Crippen molar-refractivity contribution in [2.24, 2.45) is 0 Å². The first-order valence-corrected chi connectivity index (χ1v) is 7.02. The van der Waals surface area contributed by atoms with Gasteiger partial charge in [-0.2, -0.15) is 0 Å². The number of hydrogen-bond donors (Lipinski definition) is 1. The second kappa shape index (κ2) is 4.93. The smallest absolute Gasteiger partial charge is 0.307 e. The number of rotatable bonds is 1. The van der Waals surface area contributed by atoms with Crippen LogP contribution in [0.2, 0.25) is 5.02 Å². The van der Waals surface area contributed by atoms with Gasteiger partial charge in [-0.1, -0.05) is 18.2 Å². The van der Waals surface area contributed by atoms with Gasteiger partial charge in [-0.15, -0.1) is 0 Å². The fourth-order valence-electron chi connectivity index (χ4n) is 2.44. The number of hydrogen-bond acceptors (Lipinski definition) is 1. The number of nitrogens with one attached hydrogen (secondary N) is 1. The fourth-order valence-corrected chi connectivity index (χ4v) is 2.56. The van der Waals surface area contributed by atoms with E-state index in [1.807, 2.05) is 19.9 Å². The Morgan fingerprint density at radius 1 is 1.10 bits per heavy atom. The Morgan fingerprint density at radius 3 is 2.38 bits per heavy atom. The van der Waals surface area contributed by atoms with Crippen LogP contribution in [0.25, 0.3) is 5.70 Å². The molecule has 2 aromatic rings. The molecule has 21 heavy (non-hydrogen) atoms. The Bertz CT molecular complexity index is 750. The molecule has 0 fully saturated rings. The molecule has 0 radical (unpaired) electrons. The van der Waals surface area contributed by atoms with Gasteiger partial charge in [-0.05, 0) is 61.4 Å². The van der Waals surface area contributed by atoms with Crippen LogP contribution < -0.4 is 10.2 Å². The van der Waals surface area contributed by atoms with E-state index in [4.69, 9.17) is 11.6 Å². The zero-order valence-electron chi connectivity index (χ0n) is 11.9. The molecule has 2 amide bonds. The summed E-state index contributed by atoms with van der Waals surface area (Å²) in [6.45, 7) is 8.16. The molecule has 0 spiro atoms. The summed E-state index contributed by atoms with van der Waals surface area (Å²) < 4.78 is 0. The van der Waals surface area contributed by atoms with Gasteiger partial charge in [0.25, 0.3) is 0 Å². The van der Waals surface area contributed by atoms with E-state index in [1.54, 1.807) is 29.2 Å². The Morgan fingerprint density at radius 2 is 1.71 bits per heavy atom. The van der Waals surface area contributed by atoms with E-state index in [9.17, 15) is 4.79 Å². The van der Waals surface area contributed by atoms with Crippen molar-refractivity contribution in [1.82, 2.24) is 0 Å². The molecule has 1 heterocycles. The average Bonchev–Trinajstić information content (AvgIpc) is 2.43. The maximum atomic E-state index is 12.4. The van der Waals surface area contributed by atoms with Crippen molar-refractivity contribution in [3.63, 3.8) is 0 Å². The molecule has 1 aliphatic rings. The van der Waals surface area contributed by atoms with E-state index in [1.165, 1.54) is 5.56 Å². The first-order valence-electron chi connectivity index (χ1n) is 6.64. The van der Waals surface area contributed by atoms with Crippen LogP contribution in [0.5, 0.6) is 0 Å². The molecular formula is C17H15ClN2O. The van der Waals surface area contributed by atoms with Gasteiger partial charge in [0.1, 0.15) is 0 Å². The molecule has 0 atom stereocenters. The monoisotopic (exact) mass is 298 g/mol. The lowest BCUT2D eigenvalue weighted by molar-refractivity contribution is 0.259.